The lowest BCUT2D eigenvalue weighted by atomic mass is 9.99. The quantitative estimate of drug-likeness (QED) is 0.200. The highest BCUT2D eigenvalue weighted by Gasteiger charge is 2.32. The zero-order valence-corrected chi connectivity index (χ0v) is 24.1. The third-order valence-corrected chi connectivity index (χ3v) is 5.82. The molecule has 10 heteroatoms. The van der Waals surface area contributed by atoms with Crippen LogP contribution in [0.4, 0.5) is 4.79 Å². The number of ketones is 1. The van der Waals surface area contributed by atoms with Crippen molar-refractivity contribution < 1.29 is 33.4 Å². The average molecular weight is 548 g/mol. The average Bonchev–Trinajstić information content (AvgIpc) is 2.88. The van der Waals surface area contributed by atoms with Crippen LogP contribution in [0, 0.1) is 11.8 Å². The molecule has 0 radical (unpaired) electrons. The molecule has 0 aliphatic carbocycles. The summed E-state index contributed by atoms with van der Waals surface area (Å²) in [6, 6.07) is 6.19. The van der Waals surface area contributed by atoms with Gasteiger partial charge in [-0.15, -0.1) is 0 Å². The number of rotatable bonds is 17. The smallest absolute Gasteiger partial charge is 0.408 e. The normalized spacial score (nSPS) is 13.2. The number of carbonyl (C=O) groups excluding carboxylic acids is 5. The molecule has 39 heavy (non-hydrogen) atoms. The number of benzene rings is 1. The molecule has 1 aromatic carbocycles. The molecule has 0 bridgehead atoms. The van der Waals surface area contributed by atoms with Crippen LogP contribution in [0.5, 0.6) is 0 Å². The van der Waals surface area contributed by atoms with Gasteiger partial charge in [0, 0.05) is 0 Å². The summed E-state index contributed by atoms with van der Waals surface area (Å²) >= 11 is 0. The maximum Gasteiger partial charge on any atom is 0.408 e. The number of amides is 3. The van der Waals surface area contributed by atoms with Crippen LogP contribution in [0.25, 0.3) is 0 Å². The number of Topliss-reactive ketones (excluding diaryl/α,β-unsaturated/α-hetero) is 1. The van der Waals surface area contributed by atoms with Crippen LogP contribution in [0.15, 0.2) is 30.3 Å². The third kappa shape index (κ3) is 13.3. The van der Waals surface area contributed by atoms with Crippen molar-refractivity contribution in [3.8, 4) is 0 Å². The van der Waals surface area contributed by atoms with E-state index in [1.54, 1.807) is 6.92 Å². The van der Waals surface area contributed by atoms with Crippen molar-refractivity contribution in [1.29, 1.82) is 0 Å². The van der Waals surface area contributed by atoms with Gasteiger partial charge in [-0.3, -0.25) is 14.4 Å². The molecule has 0 aliphatic rings. The molecule has 10 nitrogen and oxygen atoms in total. The molecule has 0 aliphatic heterocycles. The lowest BCUT2D eigenvalue weighted by molar-refractivity contribution is -0.154. The van der Waals surface area contributed by atoms with E-state index in [-0.39, 0.29) is 31.5 Å². The standard InChI is InChI=1S/C29H45N3O7/c1-7-9-15-22(25(33)28(36)38-8-2)30-26(34)23(16-19(3)4)31-27(35)24(17-20(5)6)32-29(37)39-18-21-13-11-10-12-14-21/h10-14,19-20,22-24H,7-9,15-18H2,1-6H3,(H,30,34)(H,31,35)(H,32,37)/t22?,23-,24-/m0/s1. The first-order valence-corrected chi connectivity index (χ1v) is 13.8. The Balaban J connectivity index is 2.97. The SMILES string of the molecule is CCCCC(NC(=O)[C@H](CC(C)C)NC(=O)[C@H](CC(C)C)NC(=O)OCc1ccccc1)C(=O)C(=O)OCC. The Morgan fingerprint density at radius 1 is 0.744 bits per heavy atom. The van der Waals surface area contributed by atoms with Crippen LogP contribution in [0.3, 0.4) is 0 Å². The van der Waals surface area contributed by atoms with E-state index in [0.717, 1.165) is 12.0 Å². The van der Waals surface area contributed by atoms with Gasteiger partial charge in [-0.25, -0.2) is 9.59 Å². The third-order valence-electron chi connectivity index (χ3n) is 5.82. The fourth-order valence-electron chi connectivity index (χ4n) is 3.88. The van der Waals surface area contributed by atoms with Gasteiger partial charge >= 0.3 is 12.1 Å². The molecular formula is C29H45N3O7. The van der Waals surface area contributed by atoms with Gasteiger partial charge in [0.05, 0.1) is 12.6 Å². The molecule has 1 rings (SSSR count). The van der Waals surface area contributed by atoms with E-state index < -0.39 is 47.8 Å². The van der Waals surface area contributed by atoms with E-state index >= 15 is 0 Å². The maximum absolute atomic E-state index is 13.3. The summed E-state index contributed by atoms with van der Waals surface area (Å²) in [6.45, 7) is 11.2. The number of carbonyl (C=O) groups is 5. The summed E-state index contributed by atoms with van der Waals surface area (Å²) in [7, 11) is 0. The second-order valence-corrected chi connectivity index (χ2v) is 10.4. The Bertz CT molecular complexity index is 934. The van der Waals surface area contributed by atoms with Crippen molar-refractivity contribution in [3.63, 3.8) is 0 Å². The Morgan fingerprint density at radius 3 is 1.79 bits per heavy atom. The van der Waals surface area contributed by atoms with Gasteiger partial charge < -0.3 is 25.4 Å². The van der Waals surface area contributed by atoms with Gasteiger partial charge in [-0.1, -0.05) is 77.8 Å². The first kappa shape index (κ1) is 33.6. The first-order chi connectivity index (χ1) is 18.5. The molecular weight excluding hydrogens is 502 g/mol. The largest absolute Gasteiger partial charge is 0.460 e. The van der Waals surface area contributed by atoms with Gasteiger partial charge in [-0.2, -0.15) is 0 Å². The monoisotopic (exact) mass is 547 g/mol. The molecule has 0 fully saturated rings. The minimum atomic E-state index is -1.05. The summed E-state index contributed by atoms with van der Waals surface area (Å²) in [5, 5.41) is 8.00. The van der Waals surface area contributed by atoms with Crippen LogP contribution in [-0.2, 0) is 35.3 Å². The van der Waals surface area contributed by atoms with E-state index in [4.69, 9.17) is 9.47 Å². The van der Waals surface area contributed by atoms with E-state index in [1.807, 2.05) is 65.0 Å². The molecule has 0 spiro atoms. The second-order valence-electron chi connectivity index (χ2n) is 10.4. The Morgan fingerprint density at radius 2 is 1.28 bits per heavy atom. The summed E-state index contributed by atoms with van der Waals surface area (Å²) in [5.41, 5.74) is 0.807. The van der Waals surface area contributed by atoms with E-state index in [2.05, 4.69) is 16.0 Å². The molecule has 3 atom stereocenters. The highest BCUT2D eigenvalue weighted by molar-refractivity contribution is 6.36. The predicted octanol–water partition coefficient (Wildman–Crippen LogP) is 3.67. The molecule has 3 amide bonds. The van der Waals surface area contributed by atoms with Crippen molar-refractivity contribution in [2.45, 2.75) is 98.4 Å². The van der Waals surface area contributed by atoms with Crippen molar-refractivity contribution in [2.75, 3.05) is 6.61 Å². The number of hydrogen-bond acceptors (Lipinski definition) is 7. The van der Waals surface area contributed by atoms with Gasteiger partial charge in [0.15, 0.2) is 0 Å². The number of ether oxygens (including phenoxy) is 2. The molecule has 218 valence electrons. The molecule has 3 N–H and O–H groups in total. The highest BCUT2D eigenvalue weighted by atomic mass is 16.5. The van der Waals surface area contributed by atoms with Crippen LogP contribution in [-0.4, -0.2) is 54.4 Å². The van der Waals surface area contributed by atoms with Crippen molar-refractivity contribution in [1.82, 2.24) is 16.0 Å². The maximum atomic E-state index is 13.3. The summed E-state index contributed by atoms with van der Waals surface area (Å²) in [5.74, 6) is -2.85. The Hall–Kier alpha value is -3.43. The molecule has 0 saturated heterocycles. The summed E-state index contributed by atoms with van der Waals surface area (Å²) in [6.07, 6.45) is 1.51. The van der Waals surface area contributed by atoms with Crippen LogP contribution in [0.1, 0.15) is 79.2 Å². The topological polar surface area (TPSA) is 140 Å². The summed E-state index contributed by atoms with van der Waals surface area (Å²) in [4.78, 5) is 63.7. The van der Waals surface area contributed by atoms with Crippen LogP contribution in [0.2, 0.25) is 0 Å². The minimum absolute atomic E-state index is 0.0308. The van der Waals surface area contributed by atoms with Gasteiger partial charge in [0.1, 0.15) is 18.7 Å². The van der Waals surface area contributed by atoms with Crippen LogP contribution < -0.4 is 16.0 Å². The first-order valence-electron chi connectivity index (χ1n) is 13.8. The highest BCUT2D eigenvalue weighted by Crippen LogP contribution is 2.11. The lowest BCUT2D eigenvalue weighted by Gasteiger charge is -2.26. The number of alkyl carbamates (subject to hydrolysis) is 1. The second kappa shape index (κ2) is 18.0. The van der Waals surface area contributed by atoms with E-state index in [1.165, 1.54) is 0 Å². The zero-order valence-electron chi connectivity index (χ0n) is 24.1. The van der Waals surface area contributed by atoms with E-state index in [0.29, 0.717) is 19.3 Å². The number of hydrogen-bond donors (Lipinski definition) is 3. The van der Waals surface area contributed by atoms with Crippen molar-refractivity contribution >= 4 is 29.7 Å². The summed E-state index contributed by atoms with van der Waals surface area (Å²) < 4.78 is 10.1. The number of unbranched alkanes of at least 4 members (excludes halogenated alkanes) is 1. The molecule has 1 aromatic rings. The number of nitrogens with one attached hydrogen (secondary N) is 3. The minimum Gasteiger partial charge on any atom is -0.460 e. The van der Waals surface area contributed by atoms with Gasteiger partial charge in [0.25, 0.3) is 5.78 Å². The van der Waals surface area contributed by atoms with Gasteiger partial charge in [0.2, 0.25) is 11.8 Å². The fourth-order valence-corrected chi connectivity index (χ4v) is 3.88. The molecule has 1 unspecified atom stereocenters. The zero-order chi connectivity index (χ0) is 29.4. The molecule has 0 saturated carbocycles. The fraction of sp³-hybridized carbons (Fsp3) is 0.621. The van der Waals surface area contributed by atoms with Gasteiger partial charge in [-0.05, 0) is 43.6 Å². The number of esters is 1. The van der Waals surface area contributed by atoms with Crippen molar-refractivity contribution in [2.24, 2.45) is 11.8 Å². The lowest BCUT2D eigenvalue weighted by Crippen LogP contribution is -2.56. The Kier molecular flexibility index (Phi) is 15.5. The van der Waals surface area contributed by atoms with Crippen molar-refractivity contribution in [3.05, 3.63) is 35.9 Å². The van der Waals surface area contributed by atoms with Crippen LogP contribution >= 0.6 is 0 Å². The molecule has 0 aromatic heterocycles. The van der Waals surface area contributed by atoms with E-state index in [9.17, 15) is 24.0 Å². The molecule has 0 heterocycles. The Labute approximate surface area is 232 Å². The predicted molar refractivity (Wildman–Crippen MR) is 147 cm³/mol.